The summed E-state index contributed by atoms with van der Waals surface area (Å²) in [6.45, 7) is -1.30. The van der Waals surface area contributed by atoms with Crippen LogP contribution >= 0.6 is 0 Å². The molecule has 0 aliphatic heterocycles. The second-order valence-electron chi connectivity index (χ2n) is 4.13. The van der Waals surface area contributed by atoms with Crippen molar-refractivity contribution in [2.75, 3.05) is 6.54 Å². The van der Waals surface area contributed by atoms with Crippen molar-refractivity contribution in [3.63, 3.8) is 0 Å². The molecule has 0 saturated carbocycles. The van der Waals surface area contributed by atoms with Crippen LogP contribution in [0.5, 0.6) is 0 Å². The minimum atomic E-state index is -4.29. The van der Waals surface area contributed by atoms with Gasteiger partial charge in [-0.25, -0.2) is 4.39 Å². The Morgan fingerprint density at radius 3 is 2.75 bits per heavy atom. The average Bonchev–Trinajstić information content (AvgIpc) is 2.75. The van der Waals surface area contributed by atoms with Gasteiger partial charge in [-0.15, -0.1) is 0 Å². The highest BCUT2D eigenvalue weighted by Gasteiger charge is 2.26. The summed E-state index contributed by atoms with van der Waals surface area (Å²) in [5.41, 5.74) is 0.653. The highest BCUT2D eigenvalue weighted by molar-refractivity contribution is 5.19. The van der Waals surface area contributed by atoms with E-state index in [1.54, 1.807) is 12.1 Å². The van der Waals surface area contributed by atoms with Gasteiger partial charge in [0.2, 0.25) is 5.89 Å². The summed E-state index contributed by atoms with van der Waals surface area (Å²) in [4.78, 5) is 3.92. The molecule has 0 aliphatic carbocycles. The van der Waals surface area contributed by atoms with E-state index < -0.39 is 12.7 Å². The first-order chi connectivity index (χ1) is 9.42. The lowest BCUT2D eigenvalue weighted by Gasteiger charge is -2.05. The predicted octanol–water partition coefficient (Wildman–Crippen LogP) is 2.45. The number of hydrogen-bond acceptors (Lipinski definition) is 4. The van der Waals surface area contributed by atoms with Crippen LogP contribution in [0.15, 0.2) is 28.8 Å². The zero-order chi connectivity index (χ0) is 14.6. The normalized spacial score (nSPS) is 11.8. The van der Waals surface area contributed by atoms with Crippen molar-refractivity contribution in [3.05, 3.63) is 47.4 Å². The van der Waals surface area contributed by atoms with Crippen LogP contribution in [0.2, 0.25) is 0 Å². The van der Waals surface area contributed by atoms with E-state index in [0.717, 1.165) is 0 Å². The van der Waals surface area contributed by atoms with E-state index in [1.807, 2.05) is 0 Å². The summed E-state index contributed by atoms with van der Waals surface area (Å²) in [5, 5.41) is 5.77. The molecule has 1 heterocycles. The summed E-state index contributed by atoms with van der Waals surface area (Å²) in [6.07, 6.45) is -4.04. The predicted molar refractivity (Wildman–Crippen MR) is 61.3 cm³/mol. The Morgan fingerprint density at radius 2 is 2.05 bits per heavy atom. The Hall–Kier alpha value is -1.96. The van der Waals surface area contributed by atoms with Gasteiger partial charge in [-0.05, 0) is 17.7 Å². The van der Waals surface area contributed by atoms with E-state index in [4.69, 9.17) is 4.52 Å². The number of benzene rings is 1. The first-order valence-corrected chi connectivity index (χ1v) is 5.76. The summed E-state index contributed by atoms with van der Waals surface area (Å²) in [5.74, 6) is -0.0295. The zero-order valence-electron chi connectivity index (χ0n) is 10.2. The summed E-state index contributed by atoms with van der Waals surface area (Å²) in [7, 11) is 0. The van der Waals surface area contributed by atoms with E-state index in [9.17, 15) is 17.6 Å². The maximum atomic E-state index is 13.0. The largest absolute Gasteiger partial charge is 0.401 e. The Bertz CT molecular complexity index is 568. The highest BCUT2D eigenvalue weighted by atomic mass is 19.4. The van der Waals surface area contributed by atoms with E-state index in [-0.39, 0.29) is 24.7 Å². The molecule has 2 aromatic rings. The molecule has 2 rings (SSSR count). The van der Waals surface area contributed by atoms with Crippen molar-refractivity contribution in [2.24, 2.45) is 0 Å². The van der Waals surface area contributed by atoms with Gasteiger partial charge in [0.1, 0.15) is 5.82 Å². The van der Waals surface area contributed by atoms with Crippen molar-refractivity contribution in [2.45, 2.75) is 19.1 Å². The van der Waals surface area contributed by atoms with Crippen LogP contribution in [0.4, 0.5) is 17.6 Å². The van der Waals surface area contributed by atoms with Crippen molar-refractivity contribution in [3.8, 4) is 0 Å². The van der Waals surface area contributed by atoms with Gasteiger partial charge in [-0.3, -0.25) is 0 Å². The minimum Gasteiger partial charge on any atom is -0.338 e. The van der Waals surface area contributed by atoms with Gasteiger partial charge < -0.3 is 9.84 Å². The molecule has 0 radical (unpaired) electrons. The molecule has 0 atom stereocenters. The zero-order valence-corrected chi connectivity index (χ0v) is 10.2. The molecule has 0 bridgehead atoms. The molecule has 0 unspecified atom stereocenters. The van der Waals surface area contributed by atoms with Crippen molar-refractivity contribution >= 4 is 0 Å². The van der Waals surface area contributed by atoms with Gasteiger partial charge in [0.05, 0.1) is 13.1 Å². The molecule has 108 valence electrons. The van der Waals surface area contributed by atoms with Gasteiger partial charge in [0.15, 0.2) is 5.82 Å². The lowest BCUT2D eigenvalue weighted by atomic mass is 10.1. The number of aromatic nitrogens is 2. The standard InChI is InChI=1S/C12H11F4N3O/c13-9-3-1-2-8(4-9)5-10-18-11(20-19-10)6-17-7-12(14,15)16/h1-4,17H,5-7H2. The molecule has 1 aromatic heterocycles. The second kappa shape index (κ2) is 6.00. The molecule has 0 spiro atoms. The van der Waals surface area contributed by atoms with Crippen LogP contribution in [0.3, 0.4) is 0 Å². The Morgan fingerprint density at radius 1 is 1.25 bits per heavy atom. The SMILES string of the molecule is Fc1cccc(Cc2noc(CNCC(F)(F)F)n2)c1. The lowest BCUT2D eigenvalue weighted by Crippen LogP contribution is -2.28. The van der Waals surface area contributed by atoms with Crippen LogP contribution in [0.25, 0.3) is 0 Å². The molecule has 1 N–H and O–H groups in total. The number of halogens is 4. The average molecular weight is 289 g/mol. The smallest absolute Gasteiger partial charge is 0.338 e. The van der Waals surface area contributed by atoms with Crippen LogP contribution in [-0.4, -0.2) is 22.9 Å². The Balaban J connectivity index is 1.89. The van der Waals surface area contributed by atoms with Gasteiger partial charge in [0.25, 0.3) is 0 Å². The molecule has 8 heteroatoms. The van der Waals surface area contributed by atoms with Crippen molar-refractivity contribution in [1.82, 2.24) is 15.5 Å². The summed E-state index contributed by atoms with van der Waals surface area (Å²) < 4.78 is 53.5. The molecule has 0 fully saturated rings. The van der Waals surface area contributed by atoms with Crippen molar-refractivity contribution < 1.29 is 22.1 Å². The number of hydrogen-bond donors (Lipinski definition) is 1. The third-order valence-corrected chi connectivity index (χ3v) is 2.36. The summed E-state index contributed by atoms with van der Waals surface area (Å²) >= 11 is 0. The maximum Gasteiger partial charge on any atom is 0.401 e. The fourth-order valence-electron chi connectivity index (χ4n) is 1.57. The number of alkyl halides is 3. The quantitative estimate of drug-likeness (QED) is 0.859. The van der Waals surface area contributed by atoms with Crippen molar-refractivity contribution in [1.29, 1.82) is 0 Å². The number of nitrogens with one attached hydrogen (secondary N) is 1. The third-order valence-electron chi connectivity index (χ3n) is 2.36. The fraction of sp³-hybridized carbons (Fsp3) is 0.333. The van der Waals surface area contributed by atoms with Gasteiger partial charge in [0, 0.05) is 6.42 Å². The highest BCUT2D eigenvalue weighted by Crippen LogP contribution is 2.13. The molecule has 0 amide bonds. The molecular weight excluding hydrogens is 278 g/mol. The van der Waals surface area contributed by atoms with Gasteiger partial charge in [-0.2, -0.15) is 18.2 Å². The van der Waals surface area contributed by atoms with E-state index in [0.29, 0.717) is 11.4 Å². The molecule has 4 nitrogen and oxygen atoms in total. The second-order valence-corrected chi connectivity index (χ2v) is 4.13. The first-order valence-electron chi connectivity index (χ1n) is 5.76. The molecule has 0 aliphatic rings. The van der Waals surface area contributed by atoms with E-state index in [1.165, 1.54) is 12.1 Å². The minimum absolute atomic E-state index is 0.0562. The number of nitrogens with zero attached hydrogens (tertiary/aromatic N) is 2. The van der Waals surface area contributed by atoms with Crippen LogP contribution in [-0.2, 0) is 13.0 Å². The molecular formula is C12H11F4N3O. The van der Waals surface area contributed by atoms with E-state index in [2.05, 4.69) is 15.5 Å². The Labute approximate surface area is 111 Å². The van der Waals surface area contributed by atoms with Crippen LogP contribution in [0.1, 0.15) is 17.3 Å². The monoisotopic (exact) mass is 289 g/mol. The summed E-state index contributed by atoms with van der Waals surface area (Å²) in [6, 6.07) is 5.89. The lowest BCUT2D eigenvalue weighted by molar-refractivity contribution is -0.125. The number of rotatable bonds is 5. The molecule has 0 saturated heterocycles. The van der Waals surface area contributed by atoms with Crippen LogP contribution in [0, 0.1) is 5.82 Å². The molecule has 20 heavy (non-hydrogen) atoms. The van der Waals surface area contributed by atoms with E-state index >= 15 is 0 Å². The maximum absolute atomic E-state index is 13.0. The van der Waals surface area contributed by atoms with Gasteiger partial charge >= 0.3 is 6.18 Å². The third kappa shape index (κ3) is 4.61. The fourth-order valence-corrected chi connectivity index (χ4v) is 1.57. The topological polar surface area (TPSA) is 51.0 Å². The van der Waals surface area contributed by atoms with Gasteiger partial charge in [-0.1, -0.05) is 17.3 Å². The Kier molecular flexibility index (Phi) is 4.33. The first kappa shape index (κ1) is 14.4. The van der Waals surface area contributed by atoms with Crippen LogP contribution < -0.4 is 5.32 Å². The molecule has 1 aromatic carbocycles.